The Morgan fingerprint density at radius 3 is 2.10 bits per heavy atom. The number of nitrogens with one attached hydrogen (secondary N) is 2. The van der Waals surface area contributed by atoms with Gasteiger partial charge in [0.25, 0.3) is 5.91 Å². The summed E-state index contributed by atoms with van der Waals surface area (Å²) >= 11 is 0. The second kappa shape index (κ2) is 14.2. The van der Waals surface area contributed by atoms with Crippen molar-refractivity contribution in [1.82, 2.24) is 10.2 Å². The molecule has 2 rings (SSSR count). The lowest BCUT2D eigenvalue weighted by molar-refractivity contribution is -0.141. The number of carbonyl (C=O) groups excluding carboxylic acids is 3. The summed E-state index contributed by atoms with van der Waals surface area (Å²) in [6.07, 6.45) is 1.96. The van der Waals surface area contributed by atoms with Crippen molar-refractivity contribution in [3.8, 4) is 0 Å². The van der Waals surface area contributed by atoms with E-state index in [1.165, 1.54) is 0 Å². The summed E-state index contributed by atoms with van der Waals surface area (Å²) in [5.41, 5.74) is 3.65. The van der Waals surface area contributed by atoms with E-state index in [4.69, 9.17) is 4.74 Å². The molecule has 39 heavy (non-hydrogen) atoms. The van der Waals surface area contributed by atoms with Gasteiger partial charge in [0.1, 0.15) is 17.7 Å². The van der Waals surface area contributed by atoms with Crippen LogP contribution in [0.4, 0.5) is 10.5 Å². The first kappa shape index (κ1) is 31.9. The first-order chi connectivity index (χ1) is 18.2. The van der Waals surface area contributed by atoms with E-state index in [1.54, 1.807) is 25.7 Å². The lowest BCUT2D eigenvalue weighted by atomic mass is 9.97. The topological polar surface area (TPSA) is 87.7 Å². The Labute approximate surface area is 234 Å². The number of aryl methyl sites for hydroxylation is 3. The summed E-state index contributed by atoms with van der Waals surface area (Å²) in [7, 11) is 0. The number of amides is 3. The van der Waals surface area contributed by atoms with Gasteiger partial charge >= 0.3 is 6.09 Å². The normalized spacial score (nSPS) is 13.0. The van der Waals surface area contributed by atoms with Crippen LogP contribution in [0.2, 0.25) is 0 Å². The molecule has 0 radical (unpaired) electrons. The van der Waals surface area contributed by atoms with Gasteiger partial charge in [-0.1, -0.05) is 81.6 Å². The van der Waals surface area contributed by atoms with E-state index in [0.717, 1.165) is 47.2 Å². The first-order valence-corrected chi connectivity index (χ1v) is 14.0. The smallest absolute Gasteiger partial charge is 0.408 e. The molecule has 0 aliphatic rings. The summed E-state index contributed by atoms with van der Waals surface area (Å²) in [5.74, 6) is -0.823. The molecule has 0 saturated heterocycles. The first-order valence-electron chi connectivity index (χ1n) is 14.0. The van der Waals surface area contributed by atoms with Gasteiger partial charge in [-0.3, -0.25) is 9.59 Å². The van der Waals surface area contributed by atoms with Crippen LogP contribution in [0.1, 0.15) is 89.1 Å². The zero-order valence-electron chi connectivity index (χ0n) is 25.2. The van der Waals surface area contributed by atoms with Crippen LogP contribution in [0.5, 0.6) is 0 Å². The van der Waals surface area contributed by atoms with Gasteiger partial charge in [0.05, 0.1) is 0 Å². The molecule has 2 N–H and O–H groups in total. The number of carbonyl (C=O) groups is 3. The molecule has 0 spiro atoms. The lowest BCUT2D eigenvalue weighted by Gasteiger charge is -2.36. The number of nitrogens with zero attached hydrogens (tertiary/aromatic N) is 1. The zero-order valence-corrected chi connectivity index (χ0v) is 25.2. The highest BCUT2D eigenvalue weighted by molar-refractivity contribution is 6.00. The van der Waals surface area contributed by atoms with E-state index >= 15 is 0 Å². The highest BCUT2D eigenvalue weighted by Gasteiger charge is 2.37. The molecule has 0 heterocycles. The SMILES string of the molecule is CCCCCN(C(=O)C(NC(=O)OC(C)(C)C)C(C)C)C(C(=O)Nc1c(C)cccc1C)c1cccc(C)c1. The summed E-state index contributed by atoms with van der Waals surface area (Å²) in [4.78, 5) is 42.7. The monoisotopic (exact) mass is 537 g/mol. The number of benzene rings is 2. The summed E-state index contributed by atoms with van der Waals surface area (Å²) in [5, 5.41) is 5.90. The van der Waals surface area contributed by atoms with Gasteiger partial charge in [-0.25, -0.2) is 4.79 Å². The Kier molecular flexibility index (Phi) is 11.6. The summed E-state index contributed by atoms with van der Waals surface area (Å²) < 4.78 is 5.46. The third kappa shape index (κ3) is 9.41. The van der Waals surface area contributed by atoms with Crippen LogP contribution in [0.3, 0.4) is 0 Å². The number of hydrogen-bond donors (Lipinski definition) is 2. The van der Waals surface area contributed by atoms with Crippen LogP contribution in [0, 0.1) is 26.7 Å². The number of para-hydroxylation sites is 1. The second-order valence-electron chi connectivity index (χ2n) is 11.7. The van der Waals surface area contributed by atoms with Gasteiger partial charge in [0.2, 0.25) is 5.91 Å². The van der Waals surface area contributed by atoms with Crippen molar-refractivity contribution >= 4 is 23.6 Å². The van der Waals surface area contributed by atoms with E-state index in [2.05, 4.69) is 17.6 Å². The van der Waals surface area contributed by atoms with Gasteiger partial charge in [-0.2, -0.15) is 0 Å². The maximum Gasteiger partial charge on any atom is 0.408 e. The number of ether oxygens (including phenoxy) is 1. The number of alkyl carbamates (subject to hydrolysis) is 1. The molecule has 0 aliphatic carbocycles. The van der Waals surface area contributed by atoms with E-state index in [-0.39, 0.29) is 17.7 Å². The molecular weight excluding hydrogens is 490 g/mol. The molecule has 7 heteroatoms. The van der Waals surface area contributed by atoms with E-state index in [0.29, 0.717) is 6.54 Å². The predicted octanol–water partition coefficient (Wildman–Crippen LogP) is 6.86. The van der Waals surface area contributed by atoms with Gasteiger partial charge in [-0.15, -0.1) is 0 Å². The van der Waals surface area contributed by atoms with Crippen LogP contribution in [0.25, 0.3) is 0 Å². The van der Waals surface area contributed by atoms with Crippen molar-refractivity contribution in [3.63, 3.8) is 0 Å². The number of anilines is 1. The molecule has 2 aromatic rings. The lowest BCUT2D eigenvalue weighted by Crippen LogP contribution is -2.54. The Morgan fingerprint density at radius 2 is 1.56 bits per heavy atom. The highest BCUT2D eigenvalue weighted by atomic mass is 16.6. The Bertz CT molecular complexity index is 1120. The van der Waals surface area contributed by atoms with Crippen molar-refractivity contribution in [2.45, 2.75) is 99.3 Å². The molecule has 2 unspecified atom stereocenters. The van der Waals surface area contributed by atoms with Crippen LogP contribution in [0.15, 0.2) is 42.5 Å². The fourth-order valence-electron chi connectivity index (χ4n) is 4.54. The molecule has 0 aromatic heterocycles. The Morgan fingerprint density at radius 1 is 0.949 bits per heavy atom. The van der Waals surface area contributed by atoms with E-state index < -0.39 is 23.8 Å². The quantitative estimate of drug-likeness (QED) is 0.307. The fraction of sp³-hybridized carbons (Fsp3) is 0.531. The molecule has 2 aromatic carbocycles. The maximum atomic E-state index is 14.2. The Hall–Kier alpha value is -3.35. The van der Waals surface area contributed by atoms with Gasteiger partial charge in [0, 0.05) is 12.2 Å². The van der Waals surface area contributed by atoms with Crippen LogP contribution in [-0.4, -0.2) is 41.0 Å². The van der Waals surface area contributed by atoms with Crippen LogP contribution < -0.4 is 10.6 Å². The molecule has 0 saturated carbocycles. The highest BCUT2D eigenvalue weighted by Crippen LogP contribution is 2.28. The van der Waals surface area contributed by atoms with Gasteiger partial charge < -0.3 is 20.3 Å². The molecule has 0 aliphatic heterocycles. The molecule has 214 valence electrons. The standard InChI is InChI=1S/C32H47N3O4/c1-10-11-12-19-35(30(37)26(21(2)3)34-31(38)39-32(7,8)9)28(25-18-13-15-22(4)20-25)29(36)33-27-23(5)16-14-17-24(27)6/h13-18,20-21,26,28H,10-12,19H2,1-9H3,(H,33,36)(H,34,38). The molecule has 3 amide bonds. The van der Waals surface area contributed by atoms with E-state index in [1.807, 2.05) is 77.1 Å². The zero-order chi connectivity index (χ0) is 29.3. The average Bonchev–Trinajstić information content (AvgIpc) is 2.82. The third-order valence-electron chi connectivity index (χ3n) is 6.54. The molecule has 7 nitrogen and oxygen atoms in total. The van der Waals surface area contributed by atoms with Crippen molar-refractivity contribution in [3.05, 3.63) is 64.7 Å². The summed E-state index contributed by atoms with van der Waals surface area (Å²) in [6.45, 7) is 17.4. The number of rotatable bonds is 11. The molecule has 0 fully saturated rings. The molecule has 0 bridgehead atoms. The minimum absolute atomic E-state index is 0.224. The average molecular weight is 538 g/mol. The number of hydrogen-bond acceptors (Lipinski definition) is 4. The van der Waals surface area contributed by atoms with Crippen molar-refractivity contribution in [2.24, 2.45) is 5.92 Å². The fourth-order valence-corrected chi connectivity index (χ4v) is 4.54. The van der Waals surface area contributed by atoms with Crippen LogP contribution >= 0.6 is 0 Å². The van der Waals surface area contributed by atoms with Gasteiger partial charge in [0.15, 0.2) is 0 Å². The van der Waals surface area contributed by atoms with Crippen molar-refractivity contribution in [1.29, 1.82) is 0 Å². The number of unbranched alkanes of at least 4 members (excludes halogenated alkanes) is 2. The van der Waals surface area contributed by atoms with Crippen molar-refractivity contribution in [2.75, 3.05) is 11.9 Å². The van der Waals surface area contributed by atoms with Crippen LogP contribution in [-0.2, 0) is 14.3 Å². The van der Waals surface area contributed by atoms with Crippen molar-refractivity contribution < 1.29 is 19.1 Å². The molecular formula is C32H47N3O4. The third-order valence-corrected chi connectivity index (χ3v) is 6.54. The van der Waals surface area contributed by atoms with E-state index in [9.17, 15) is 14.4 Å². The Balaban J connectivity index is 2.57. The molecule has 2 atom stereocenters. The minimum Gasteiger partial charge on any atom is -0.444 e. The predicted molar refractivity (Wildman–Crippen MR) is 158 cm³/mol. The van der Waals surface area contributed by atoms with Gasteiger partial charge in [-0.05, 0) is 70.6 Å². The maximum absolute atomic E-state index is 14.2. The minimum atomic E-state index is -0.880. The summed E-state index contributed by atoms with van der Waals surface area (Å²) in [6, 6.07) is 11.8. The second-order valence-corrected chi connectivity index (χ2v) is 11.7. The largest absolute Gasteiger partial charge is 0.444 e.